The first-order valence-corrected chi connectivity index (χ1v) is 9.07. The molecule has 0 saturated heterocycles. The van der Waals surface area contributed by atoms with Crippen LogP contribution in [0, 0.1) is 5.92 Å². The summed E-state index contributed by atoms with van der Waals surface area (Å²) >= 11 is 9.58. The summed E-state index contributed by atoms with van der Waals surface area (Å²) in [5.74, 6) is 0.762. The lowest BCUT2D eigenvalue weighted by molar-refractivity contribution is 0.426. The van der Waals surface area contributed by atoms with Gasteiger partial charge >= 0.3 is 0 Å². The standard InChI is InChI=1S/C16H18ClNS2/c17-15-9-8-14(20-15)16(13-7-4-10-19-13)18-11-12-5-2-1-3-6-12/h1-2,4,7-10,12,16,18H,3,5-6,11H2. The number of nitrogens with one attached hydrogen (secondary N) is 1. The smallest absolute Gasteiger partial charge is 0.0931 e. The largest absolute Gasteiger partial charge is 0.305 e. The minimum Gasteiger partial charge on any atom is -0.305 e. The van der Waals surface area contributed by atoms with Crippen LogP contribution >= 0.6 is 34.3 Å². The summed E-state index contributed by atoms with van der Waals surface area (Å²) in [4.78, 5) is 2.68. The Kier molecular flexibility index (Phi) is 4.94. The van der Waals surface area contributed by atoms with Crippen LogP contribution in [0.4, 0.5) is 0 Å². The van der Waals surface area contributed by atoms with Gasteiger partial charge in [-0.1, -0.05) is 29.8 Å². The lowest BCUT2D eigenvalue weighted by Crippen LogP contribution is -2.27. The number of hydrogen-bond donors (Lipinski definition) is 1. The summed E-state index contributed by atoms with van der Waals surface area (Å²) in [6.07, 6.45) is 8.34. The van der Waals surface area contributed by atoms with Crippen LogP contribution in [0.15, 0.2) is 41.8 Å². The normalized spacial score (nSPS) is 20.1. The second-order valence-corrected chi connectivity index (χ2v) is 7.87. The fourth-order valence-corrected chi connectivity index (χ4v) is 4.65. The highest BCUT2D eigenvalue weighted by molar-refractivity contribution is 7.16. The molecule has 0 radical (unpaired) electrons. The summed E-state index contributed by atoms with van der Waals surface area (Å²) in [6, 6.07) is 8.75. The van der Waals surface area contributed by atoms with Crippen molar-refractivity contribution in [3.63, 3.8) is 0 Å². The van der Waals surface area contributed by atoms with Crippen molar-refractivity contribution in [2.24, 2.45) is 5.92 Å². The van der Waals surface area contributed by atoms with Gasteiger partial charge < -0.3 is 5.32 Å². The van der Waals surface area contributed by atoms with Crippen molar-refractivity contribution in [1.82, 2.24) is 5.32 Å². The molecule has 2 heterocycles. The molecule has 0 aromatic carbocycles. The van der Waals surface area contributed by atoms with Crippen molar-refractivity contribution in [3.8, 4) is 0 Å². The van der Waals surface area contributed by atoms with E-state index in [0.717, 1.165) is 16.8 Å². The van der Waals surface area contributed by atoms with Gasteiger partial charge in [0.05, 0.1) is 10.4 Å². The zero-order chi connectivity index (χ0) is 13.8. The Morgan fingerprint density at radius 2 is 2.20 bits per heavy atom. The second kappa shape index (κ2) is 6.90. The monoisotopic (exact) mass is 323 g/mol. The fraction of sp³-hybridized carbons (Fsp3) is 0.375. The van der Waals surface area contributed by atoms with E-state index in [1.807, 2.05) is 17.4 Å². The van der Waals surface area contributed by atoms with E-state index in [9.17, 15) is 0 Å². The third-order valence-corrected chi connectivity index (χ3v) is 5.93. The molecule has 2 atom stereocenters. The van der Waals surface area contributed by atoms with Crippen LogP contribution in [0.1, 0.15) is 35.1 Å². The van der Waals surface area contributed by atoms with Crippen molar-refractivity contribution in [1.29, 1.82) is 0 Å². The van der Waals surface area contributed by atoms with E-state index in [2.05, 4.69) is 41.0 Å². The molecule has 3 rings (SSSR count). The van der Waals surface area contributed by atoms with Gasteiger partial charge in [0.15, 0.2) is 0 Å². The van der Waals surface area contributed by atoms with Gasteiger partial charge in [0, 0.05) is 9.75 Å². The van der Waals surface area contributed by atoms with Crippen molar-refractivity contribution in [2.45, 2.75) is 25.3 Å². The fourth-order valence-electron chi connectivity index (χ4n) is 2.61. The van der Waals surface area contributed by atoms with Crippen molar-refractivity contribution in [3.05, 3.63) is 55.9 Å². The maximum Gasteiger partial charge on any atom is 0.0931 e. The van der Waals surface area contributed by atoms with Crippen LogP contribution < -0.4 is 5.32 Å². The highest BCUT2D eigenvalue weighted by Crippen LogP contribution is 2.33. The molecule has 0 amide bonds. The predicted molar refractivity (Wildman–Crippen MR) is 90.0 cm³/mol. The summed E-state index contributed by atoms with van der Waals surface area (Å²) < 4.78 is 0.865. The number of thiophene rings is 2. The molecular weight excluding hydrogens is 306 g/mol. The Balaban J connectivity index is 1.71. The minimum atomic E-state index is 0.290. The van der Waals surface area contributed by atoms with Crippen molar-refractivity contribution < 1.29 is 0 Å². The highest BCUT2D eigenvalue weighted by atomic mass is 35.5. The molecule has 1 N–H and O–H groups in total. The van der Waals surface area contributed by atoms with E-state index in [-0.39, 0.29) is 0 Å². The van der Waals surface area contributed by atoms with Gasteiger partial charge in [-0.25, -0.2) is 0 Å². The van der Waals surface area contributed by atoms with E-state index in [1.54, 1.807) is 11.3 Å². The molecule has 0 spiro atoms. The average Bonchev–Trinajstić information content (AvgIpc) is 3.13. The molecule has 2 unspecified atom stereocenters. The summed E-state index contributed by atoms with van der Waals surface area (Å²) in [7, 11) is 0. The van der Waals surface area contributed by atoms with Gasteiger partial charge in [0.1, 0.15) is 0 Å². The van der Waals surface area contributed by atoms with Crippen LogP contribution in [0.3, 0.4) is 0 Å². The maximum absolute atomic E-state index is 6.10. The Bertz CT molecular complexity index is 559. The first kappa shape index (κ1) is 14.3. The number of allylic oxidation sites excluding steroid dienone is 2. The van der Waals surface area contributed by atoms with Gasteiger partial charge in [-0.2, -0.15) is 0 Å². The SMILES string of the molecule is Clc1ccc(C(NCC2CC=CCC2)c2cccs2)s1. The lowest BCUT2D eigenvalue weighted by atomic mass is 9.94. The highest BCUT2D eigenvalue weighted by Gasteiger charge is 2.19. The minimum absolute atomic E-state index is 0.290. The number of halogens is 1. The number of hydrogen-bond acceptors (Lipinski definition) is 3. The van der Waals surface area contributed by atoms with Crippen molar-refractivity contribution in [2.75, 3.05) is 6.54 Å². The maximum atomic E-state index is 6.10. The van der Waals surface area contributed by atoms with Crippen LogP contribution in [0.25, 0.3) is 0 Å². The van der Waals surface area contributed by atoms with E-state index in [1.165, 1.54) is 29.0 Å². The molecule has 1 nitrogen and oxygen atoms in total. The Morgan fingerprint density at radius 1 is 1.25 bits per heavy atom. The third kappa shape index (κ3) is 3.53. The van der Waals surface area contributed by atoms with Crippen LogP contribution in [0.2, 0.25) is 4.34 Å². The predicted octanol–water partition coefficient (Wildman–Crippen LogP) is 5.50. The average molecular weight is 324 g/mol. The zero-order valence-electron chi connectivity index (χ0n) is 11.2. The van der Waals surface area contributed by atoms with E-state index >= 15 is 0 Å². The molecule has 0 bridgehead atoms. The molecular formula is C16H18ClNS2. The van der Waals surface area contributed by atoms with Crippen LogP contribution in [0.5, 0.6) is 0 Å². The van der Waals surface area contributed by atoms with Crippen molar-refractivity contribution >= 4 is 34.3 Å². The third-order valence-electron chi connectivity index (χ3n) is 3.69. The molecule has 1 aliphatic rings. The molecule has 2 aromatic heterocycles. The van der Waals surface area contributed by atoms with Gasteiger partial charge in [-0.05, 0) is 55.3 Å². The topological polar surface area (TPSA) is 12.0 Å². The lowest BCUT2D eigenvalue weighted by Gasteiger charge is -2.22. The van der Waals surface area contributed by atoms with Gasteiger partial charge in [0.25, 0.3) is 0 Å². The molecule has 1 aliphatic carbocycles. The second-order valence-electron chi connectivity index (χ2n) is 5.15. The first-order valence-electron chi connectivity index (χ1n) is 7.00. The number of rotatable bonds is 5. The molecule has 0 aliphatic heterocycles. The Hall–Kier alpha value is -0.610. The summed E-state index contributed by atoms with van der Waals surface area (Å²) in [6.45, 7) is 1.07. The van der Waals surface area contributed by atoms with Gasteiger partial charge in [-0.15, -0.1) is 22.7 Å². The summed E-state index contributed by atoms with van der Waals surface area (Å²) in [5, 5.41) is 5.89. The molecule has 2 aromatic rings. The van der Waals surface area contributed by atoms with E-state index < -0.39 is 0 Å². The quantitative estimate of drug-likeness (QED) is 0.716. The zero-order valence-corrected chi connectivity index (χ0v) is 13.6. The molecule has 0 fully saturated rings. The molecule has 106 valence electrons. The molecule has 20 heavy (non-hydrogen) atoms. The molecule has 0 saturated carbocycles. The Labute approximate surface area is 133 Å². The van der Waals surface area contributed by atoms with Gasteiger partial charge in [0.2, 0.25) is 0 Å². The Morgan fingerprint density at radius 3 is 2.85 bits per heavy atom. The van der Waals surface area contributed by atoms with E-state index in [0.29, 0.717) is 6.04 Å². The first-order chi connectivity index (χ1) is 9.83. The van der Waals surface area contributed by atoms with Crippen LogP contribution in [-0.2, 0) is 0 Å². The van der Waals surface area contributed by atoms with Crippen LogP contribution in [-0.4, -0.2) is 6.54 Å². The van der Waals surface area contributed by atoms with E-state index in [4.69, 9.17) is 11.6 Å². The van der Waals surface area contributed by atoms with Gasteiger partial charge in [-0.3, -0.25) is 0 Å². The molecule has 4 heteroatoms. The summed E-state index contributed by atoms with van der Waals surface area (Å²) in [5.41, 5.74) is 0.